The molecule has 1 saturated carbocycles. The summed E-state index contributed by atoms with van der Waals surface area (Å²) in [4.78, 5) is 17.6. The molecule has 0 radical (unpaired) electrons. The van der Waals surface area contributed by atoms with Crippen molar-refractivity contribution in [2.75, 3.05) is 13.1 Å². The Bertz CT molecular complexity index is 1070. The van der Waals surface area contributed by atoms with Gasteiger partial charge in [-0.1, -0.05) is 0 Å². The molecule has 0 bridgehead atoms. The third-order valence-corrected chi connectivity index (χ3v) is 6.14. The first-order valence-corrected chi connectivity index (χ1v) is 10.0. The van der Waals surface area contributed by atoms with Gasteiger partial charge in [-0.3, -0.25) is 9.48 Å². The number of likely N-dealkylation sites (tertiary alicyclic amines) is 1. The molecule has 1 saturated heterocycles. The number of nitrogens with zero attached hydrogens (tertiary/aromatic N) is 6. The highest BCUT2D eigenvalue weighted by atomic mass is 16.5. The molecule has 4 heterocycles. The molecule has 2 fully saturated rings. The van der Waals surface area contributed by atoms with E-state index >= 15 is 0 Å². The summed E-state index contributed by atoms with van der Waals surface area (Å²) in [5.74, 6) is 0.626. The number of hydrogen-bond acceptors (Lipinski definition) is 6. The maximum atomic E-state index is 10.6. The molecule has 1 aliphatic heterocycles. The predicted molar refractivity (Wildman–Crippen MR) is 107 cm³/mol. The van der Waals surface area contributed by atoms with Gasteiger partial charge in [-0.25, -0.2) is 9.50 Å². The number of aryl methyl sites for hydroxylation is 1. The third-order valence-electron chi connectivity index (χ3n) is 6.14. The summed E-state index contributed by atoms with van der Waals surface area (Å²) in [6.45, 7) is 1.99. The number of ether oxygens (including phenoxy) is 1. The van der Waals surface area contributed by atoms with Crippen LogP contribution < -0.4 is 4.74 Å². The summed E-state index contributed by atoms with van der Waals surface area (Å²) in [7, 11) is 1.89. The van der Waals surface area contributed by atoms with Gasteiger partial charge in [0.2, 0.25) is 5.88 Å². The van der Waals surface area contributed by atoms with Gasteiger partial charge in [0.05, 0.1) is 24.3 Å². The van der Waals surface area contributed by atoms with E-state index in [9.17, 15) is 4.79 Å². The zero-order valence-electron chi connectivity index (χ0n) is 16.4. The van der Waals surface area contributed by atoms with Gasteiger partial charge in [-0.15, -0.1) is 0 Å². The Hall–Kier alpha value is -3.16. The van der Waals surface area contributed by atoms with Gasteiger partial charge >= 0.3 is 0 Å². The summed E-state index contributed by atoms with van der Waals surface area (Å²) in [5, 5.41) is 8.63. The molecule has 29 heavy (non-hydrogen) atoms. The Morgan fingerprint density at radius 1 is 1.28 bits per heavy atom. The van der Waals surface area contributed by atoms with Gasteiger partial charge < -0.3 is 9.64 Å². The third kappa shape index (κ3) is 3.39. The van der Waals surface area contributed by atoms with E-state index < -0.39 is 0 Å². The number of carbonyl (C=O) groups is 1. The van der Waals surface area contributed by atoms with Crippen molar-refractivity contribution in [2.45, 2.75) is 31.8 Å². The first kappa shape index (κ1) is 17.9. The molecule has 3 aromatic heterocycles. The van der Waals surface area contributed by atoms with E-state index in [-0.39, 0.29) is 11.5 Å². The number of aromatic nitrogens is 5. The Balaban J connectivity index is 1.36. The van der Waals surface area contributed by atoms with E-state index in [4.69, 9.17) is 9.72 Å². The fourth-order valence-corrected chi connectivity index (χ4v) is 4.71. The van der Waals surface area contributed by atoms with Gasteiger partial charge in [-0.2, -0.15) is 10.2 Å². The molecule has 2 aliphatic rings. The number of allylic oxidation sites excluding steroid dienone is 1. The minimum atomic E-state index is 0.139. The molecule has 0 aromatic carbocycles. The second-order valence-corrected chi connectivity index (χ2v) is 8.18. The smallest absolute Gasteiger partial charge is 0.240 e. The van der Waals surface area contributed by atoms with Crippen LogP contribution in [0.1, 0.15) is 25.7 Å². The Morgan fingerprint density at radius 3 is 3.03 bits per heavy atom. The molecular weight excluding hydrogens is 368 g/mol. The SMILES string of the molecule is Cn1cc(-c2cn3nccc3c(O[C@H]3CC[C@]4(CCN(/C=C/C=O)C4)C3)n2)cn1. The molecule has 8 nitrogen and oxygen atoms in total. The van der Waals surface area contributed by atoms with E-state index in [1.165, 1.54) is 0 Å². The summed E-state index contributed by atoms with van der Waals surface area (Å²) >= 11 is 0. The van der Waals surface area contributed by atoms with Gasteiger partial charge in [0.25, 0.3) is 0 Å². The fraction of sp³-hybridized carbons (Fsp3) is 0.429. The average molecular weight is 392 g/mol. The number of carbonyl (C=O) groups excluding carboxylic acids is 1. The molecule has 3 aromatic rings. The minimum absolute atomic E-state index is 0.139. The molecule has 5 rings (SSSR count). The number of aldehydes is 1. The van der Waals surface area contributed by atoms with E-state index in [1.807, 2.05) is 36.2 Å². The van der Waals surface area contributed by atoms with Crippen LogP contribution in [0.4, 0.5) is 0 Å². The van der Waals surface area contributed by atoms with Gasteiger partial charge in [0, 0.05) is 38.1 Å². The second kappa shape index (κ2) is 7.02. The van der Waals surface area contributed by atoms with Crippen molar-refractivity contribution in [2.24, 2.45) is 12.5 Å². The lowest BCUT2D eigenvalue weighted by atomic mass is 9.85. The molecule has 2 atom stereocenters. The Morgan fingerprint density at radius 2 is 2.21 bits per heavy atom. The van der Waals surface area contributed by atoms with Crippen molar-refractivity contribution >= 4 is 11.8 Å². The van der Waals surface area contributed by atoms with Crippen LogP contribution in [-0.4, -0.2) is 54.8 Å². The van der Waals surface area contributed by atoms with Crippen molar-refractivity contribution < 1.29 is 9.53 Å². The van der Waals surface area contributed by atoms with Gasteiger partial charge in [-0.05, 0) is 43.2 Å². The average Bonchev–Trinajstić information content (AvgIpc) is 3.49. The molecule has 0 N–H and O–H groups in total. The first-order valence-electron chi connectivity index (χ1n) is 10.0. The van der Waals surface area contributed by atoms with Crippen LogP contribution in [0.5, 0.6) is 5.88 Å². The second-order valence-electron chi connectivity index (χ2n) is 8.18. The highest BCUT2D eigenvalue weighted by molar-refractivity contribution is 5.64. The van der Waals surface area contributed by atoms with Crippen LogP contribution in [0, 0.1) is 5.41 Å². The zero-order valence-corrected chi connectivity index (χ0v) is 16.4. The summed E-state index contributed by atoms with van der Waals surface area (Å²) in [6.07, 6.45) is 16.2. The van der Waals surface area contributed by atoms with E-state index in [0.717, 1.165) is 61.8 Å². The fourth-order valence-electron chi connectivity index (χ4n) is 4.71. The number of fused-ring (bicyclic) bond motifs is 1. The van der Waals surface area contributed by atoms with Crippen molar-refractivity contribution in [1.82, 2.24) is 29.3 Å². The van der Waals surface area contributed by atoms with Crippen LogP contribution in [0.2, 0.25) is 0 Å². The summed E-state index contributed by atoms with van der Waals surface area (Å²) < 4.78 is 10.0. The number of rotatable bonds is 5. The predicted octanol–water partition coefficient (Wildman–Crippen LogP) is 2.47. The van der Waals surface area contributed by atoms with Crippen molar-refractivity contribution in [3.63, 3.8) is 0 Å². The first-order chi connectivity index (χ1) is 14.1. The molecule has 1 spiro atoms. The molecular formula is C21H24N6O2. The van der Waals surface area contributed by atoms with E-state index in [2.05, 4.69) is 15.1 Å². The zero-order chi connectivity index (χ0) is 19.8. The number of hydrogen-bond donors (Lipinski definition) is 0. The lowest BCUT2D eigenvalue weighted by Crippen LogP contribution is -2.24. The van der Waals surface area contributed by atoms with Crippen LogP contribution in [0.3, 0.4) is 0 Å². The van der Waals surface area contributed by atoms with Gasteiger partial charge in [0.15, 0.2) is 0 Å². The van der Waals surface area contributed by atoms with Crippen LogP contribution in [-0.2, 0) is 11.8 Å². The topological polar surface area (TPSA) is 77.5 Å². The van der Waals surface area contributed by atoms with Gasteiger partial charge in [0.1, 0.15) is 17.9 Å². The maximum Gasteiger partial charge on any atom is 0.240 e. The molecule has 150 valence electrons. The lowest BCUT2D eigenvalue weighted by molar-refractivity contribution is -0.104. The Kier molecular flexibility index (Phi) is 4.34. The Labute approximate surface area is 168 Å². The van der Waals surface area contributed by atoms with E-state index in [0.29, 0.717) is 5.88 Å². The highest BCUT2D eigenvalue weighted by Gasteiger charge is 2.44. The van der Waals surface area contributed by atoms with Crippen molar-refractivity contribution in [3.8, 4) is 17.1 Å². The monoisotopic (exact) mass is 392 g/mol. The molecule has 8 heteroatoms. The summed E-state index contributed by atoms with van der Waals surface area (Å²) in [6, 6.07) is 1.93. The van der Waals surface area contributed by atoms with E-state index in [1.54, 1.807) is 23.2 Å². The van der Waals surface area contributed by atoms with Crippen LogP contribution in [0.25, 0.3) is 16.8 Å². The van der Waals surface area contributed by atoms with Crippen molar-refractivity contribution in [1.29, 1.82) is 0 Å². The highest BCUT2D eigenvalue weighted by Crippen LogP contribution is 2.46. The summed E-state index contributed by atoms with van der Waals surface area (Å²) in [5.41, 5.74) is 2.88. The molecule has 1 aliphatic carbocycles. The largest absolute Gasteiger partial charge is 0.473 e. The lowest BCUT2D eigenvalue weighted by Gasteiger charge is -2.23. The van der Waals surface area contributed by atoms with Crippen LogP contribution >= 0.6 is 0 Å². The van der Waals surface area contributed by atoms with Crippen LogP contribution in [0.15, 0.2) is 43.1 Å². The minimum Gasteiger partial charge on any atom is -0.473 e. The standard InChI is InChI=1S/C21H24N6O2/c1-25-13-16(12-23-25)18-14-27-19(4-7-22-27)20(24-18)29-17-3-5-21(11-17)6-9-26(15-21)8-2-10-28/h2,4,7-8,10,12-14,17H,3,5-6,9,11,15H2,1H3/b8-2+/t17-,21-/m0/s1. The molecule has 0 amide bonds. The normalized spacial score (nSPS) is 24.3. The van der Waals surface area contributed by atoms with Crippen molar-refractivity contribution in [3.05, 3.63) is 43.1 Å². The quantitative estimate of drug-likeness (QED) is 0.490. The maximum absolute atomic E-state index is 10.6. The molecule has 0 unspecified atom stereocenters.